The first-order valence-corrected chi connectivity index (χ1v) is 7.07. The monoisotopic (exact) mass is 264 g/mol. The highest BCUT2D eigenvalue weighted by atomic mass is 16.5. The maximum atomic E-state index is 12.4. The highest BCUT2D eigenvalue weighted by molar-refractivity contribution is 5.78. The lowest BCUT2D eigenvalue weighted by Gasteiger charge is -2.43. The normalized spacial score (nSPS) is 27.1. The van der Waals surface area contributed by atoms with Crippen molar-refractivity contribution in [2.24, 2.45) is 0 Å². The van der Waals surface area contributed by atoms with E-state index in [0.29, 0.717) is 25.3 Å². The van der Waals surface area contributed by atoms with Gasteiger partial charge < -0.3 is 14.2 Å². The zero-order valence-electron chi connectivity index (χ0n) is 11.3. The number of morpholine rings is 1. The molecule has 1 aromatic heterocycles. The van der Waals surface area contributed by atoms with Crippen LogP contribution in [0, 0.1) is 6.92 Å². The summed E-state index contributed by atoms with van der Waals surface area (Å²) in [5.41, 5.74) is 0.820. The van der Waals surface area contributed by atoms with E-state index in [1.54, 1.807) is 0 Å². The first-order chi connectivity index (χ1) is 9.24. The van der Waals surface area contributed by atoms with E-state index in [9.17, 15) is 4.79 Å². The van der Waals surface area contributed by atoms with Crippen molar-refractivity contribution in [3.8, 4) is 0 Å². The van der Waals surface area contributed by atoms with Gasteiger partial charge in [-0.05, 0) is 19.8 Å². The molecule has 0 spiro atoms. The van der Waals surface area contributed by atoms with E-state index in [4.69, 9.17) is 9.26 Å². The number of nitrogens with zero attached hydrogens (tertiary/aromatic N) is 2. The number of hydrogen-bond acceptors (Lipinski definition) is 4. The Morgan fingerprint density at radius 3 is 3.11 bits per heavy atom. The molecule has 0 N–H and O–H groups in total. The Labute approximate surface area is 112 Å². The minimum absolute atomic E-state index is 0.136. The van der Waals surface area contributed by atoms with E-state index in [1.807, 2.05) is 17.9 Å². The fourth-order valence-electron chi connectivity index (χ4n) is 3.16. The van der Waals surface area contributed by atoms with Crippen LogP contribution < -0.4 is 0 Å². The maximum absolute atomic E-state index is 12.4. The molecule has 5 nitrogen and oxygen atoms in total. The van der Waals surface area contributed by atoms with Crippen molar-refractivity contribution >= 4 is 5.91 Å². The number of rotatable bonds is 2. The van der Waals surface area contributed by atoms with Crippen LogP contribution in [0.5, 0.6) is 0 Å². The molecule has 1 aromatic rings. The summed E-state index contributed by atoms with van der Waals surface area (Å²) in [6, 6.07) is 2.09. The molecule has 0 unspecified atom stereocenters. The van der Waals surface area contributed by atoms with Gasteiger partial charge in [0.1, 0.15) is 5.76 Å². The number of amides is 1. The Kier molecular flexibility index (Phi) is 3.55. The summed E-state index contributed by atoms with van der Waals surface area (Å²) in [4.78, 5) is 14.4. The van der Waals surface area contributed by atoms with Crippen molar-refractivity contribution < 1.29 is 14.1 Å². The minimum atomic E-state index is 0.136. The number of hydrogen-bond donors (Lipinski definition) is 0. The van der Waals surface area contributed by atoms with Gasteiger partial charge in [-0.3, -0.25) is 4.79 Å². The Morgan fingerprint density at radius 1 is 1.47 bits per heavy atom. The lowest BCUT2D eigenvalue weighted by molar-refractivity contribution is -0.149. The minimum Gasteiger partial charge on any atom is -0.374 e. The second kappa shape index (κ2) is 5.33. The van der Waals surface area contributed by atoms with Gasteiger partial charge >= 0.3 is 0 Å². The van der Waals surface area contributed by atoms with Gasteiger partial charge in [0.25, 0.3) is 0 Å². The molecule has 0 bridgehead atoms. The molecule has 1 aliphatic heterocycles. The predicted octanol–water partition coefficient (Wildman–Crippen LogP) is 1.70. The van der Waals surface area contributed by atoms with Gasteiger partial charge in [-0.15, -0.1) is 0 Å². The predicted molar refractivity (Wildman–Crippen MR) is 68.7 cm³/mol. The quantitative estimate of drug-likeness (QED) is 0.815. The zero-order valence-corrected chi connectivity index (χ0v) is 11.3. The third-order valence-electron chi connectivity index (χ3n) is 4.05. The molecule has 104 valence electrons. The number of carbonyl (C=O) groups excluding carboxylic acids is 1. The molecule has 1 aliphatic carbocycles. The molecular formula is C14H20N2O3. The van der Waals surface area contributed by atoms with Crippen LogP contribution in [0.2, 0.25) is 0 Å². The summed E-state index contributed by atoms with van der Waals surface area (Å²) >= 11 is 0. The number of fused-ring (bicyclic) bond motifs is 1. The van der Waals surface area contributed by atoms with Crippen LogP contribution in [-0.2, 0) is 16.0 Å². The van der Waals surface area contributed by atoms with Crippen LogP contribution in [0.1, 0.15) is 37.1 Å². The first kappa shape index (κ1) is 12.7. The molecule has 1 saturated carbocycles. The van der Waals surface area contributed by atoms with Crippen LogP contribution in [-0.4, -0.2) is 41.3 Å². The molecule has 2 atom stereocenters. The van der Waals surface area contributed by atoms with Crippen LogP contribution in [0.15, 0.2) is 10.6 Å². The number of aromatic nitrogens is 1. The van der Waals surface area contributed by atoms with Gasteiger partial charge in [0.15, 0.2) is 0 Å². The Balaban J connectivity index is 1.67. The van der Waals surface area contributed by atoms with Gasteiger partial charge in [0.05, 0.1) is 30.9 Å². The van der Waals surface area contributed by atoms with Crippen LogP contribution in [0.25, 0.3) is 0 Å². The van der Waals surface area contributed by atoms with Gasteiger partial charge in [-0.25, -0.2) is 0 Å². The second-order valence-corrected chi connectivity index (χ2v) is 5.46. The lowest BCUT2D eigenvalue weighted by atomic mass is 9.90. The molecule has 1 saturated heterocycles. The summed E-state index contributed by atoms with van der Waals surface area (Å²) in [6.07, 6.45) is 5.09. The van der Waals surface area contributed by atoms with E-state index in [1.165, 1.54) is 12.8 Å². The molecule has 0 radical (unpaired) electrons. The average Bonchev–Trinajstić information content (AvgIpc) is 2.83. The van der Waals surface area contributed by atoms with E-state index >= 15 is 0 Å². The maximum Gasteiger partial charge on any atom is 0.230 e. The van der Waals surface area contributed by atoms with E-state index in [2.05, 4.69) is 5.16 Å². The van der Waals surface area contributed by atoms with Crippen molar-refractivity contribution in [1.82, 2.24) is 10.1 Å². The Bertz CT molecular complexity index is 455. The number of ether oxygens (including phenoxy) is 1. The van der Waals surface area contributed by atoms with Gasteiger partial charge in [0, 0.05) is 12.6 Å². The third kappa shape index (κ3) is 2.66. The molecule has 19 heavy (non-hydrogen) atoms. The Morgan fingerprint density at radius 2 is 2.32 bits per heavy atom. The highest BCUT2D eigenvalue weighted by Crippen LogP contribution is 2.28. The molecule has 5 heteroatoms. The Hall–Kier alpha value is -1.36. The van der Waals surface area contributed by atoms with Crippen LogP contribution >= 0.6 is 0 Å². The second-order valence-electron chi connectivity index (χ2n) is 5.46. The largest absolute Gasteiger partial charge is 0.374 e. The standard InChI is InChI=1S/C14H20N2O3/c1-10-8-11(19-15-10)9-14(17)16-6-7-18-13-5-3-2-4-12(13)16/h8,12-13H,2-7,9H2,1H3/t12-,13-/m1/s1. The van der Waals surface area contributed by atoms with Crippen molar-refractivity contribution in [3.05, 3.63) is 17.5 Å². The molecule has 2 heterocycles. The fraction of sp³-hybridized carbons (Fsp3) is 0.714. The van der Waals surface area contributed by atoms with E-state index in [0.717, 1.165) is 18.5 Å². The van der Waals surface area contributed by atoms with Crippen molar-refractivity contribution in [2.75, 3.05) is 13.2 Å². The number of aryl methyl sites for hydroxylation is 1. The van der Waals surface area contributed by atoms with Gasteiger partial charge in [0.2, 0.25) is 5.91 Å². The van der Waals surface area contributed by atoms with Gasteiger partial charge in [-0.2, -0.15) is 0 Å². The van der Waals surface area contributed by atoms with E-state index < -0.39 is 0 Å². The van der Waals surface area contributed by atoms with Crippen molar-refractivity contribution in [1.29, 1.82) is 0 Å². The van der Waals surface area contributed by atoms with Gasteiger partial charge in [-0.1, -0.05) is 18.0 Å². The summed E-state index contributed by atoms with van der Waals surface area (Å²) in [5, 5.41) is 3.83. The van der Waals surface area contributed by atoms with Crippen molar-refractivity contribution in [3.63, 3.8) is 0 Å². The summed E-state index contributed by atoms with van der Waals surface area (Å²) in [7, 11) is 0. The molecule has 0 aromatic carbocycles. The molecular weight excluding hydrogens is 244 g/mol. The summed E-state index contributed by atoms with van der Waals surface area (Å²) in [5.74, 6) is 0.790. The molecule has 1 amide bonds. The molecule has 3 rings (SSSR count). The SMILES string of the molecule is Cc1cc(CC(=O)N2CCO[C@@H]3CCCC[C@H]32)on1. The van der Waals surface area contributed by atoms with Crippen LogP contribution in [0.3, 0.4) is 0 Å². The van der Waals surface area contributed by atoms with Crippen molar-refractivity contribution in [2.45, 2.75) is 51.2 Å². The lowest BCUT2D eigenvalue weighted by Crippen LogP contribution is -2.55. The van der Waals surface area contributed by atoms with Crippen LogP contribution in [0.4, 0.5) is 0 Å². The first-order valence-electron chi connectivity index (χ1n) is 7.07. The zero-order chi connectivity index (χ0) is 13.2. The van der Waals surface area contributed by atoms with E-state index in [-0.39, 0.29) is 18.1 Å². The summed E-state index contributed by atoms with van der Waals surface area (Å²) < 4.78 is 10.9. The summed E-state index contributed by atoms with van der Waals surface area (Å²) in [6.45, 7) is 3.22. The molecule has 2 aliphatic rings. The average molecular weight is 264 g/mol. The highest BCUT2D eigenvalue weighted by Gasteiger charge is 2.36. The topological polar surface area (TPSA) is 55.6 Å². The molecule has 2 fully saturated rings. The smallest absolute Gasteiger partial charge is 0.230 e. The fourth-order valence-corrected chi connectivity index (χ4v) is 3.16. The third-order valence-corrected chi connectivity index (χ3v) is 4.05. The number of carbonyl (C=O) groups is 1.